The van der Waals surface area contributed by atoms with Crippen molar-refractivity contribution in [3.63, 3.8) is 0 Å². The van der Waals surface area contributed by atoms with Gasteiger partial charge in [-0.2, -0.15) is 0 Å². The normalized spacial score (nSPS) is 18.7. The molecule has 100 valence electrons. The van der Waals surface area contributed by atoms with Crippen molar-refractivity contribution in [2.24, 2.45) is 5.92 Å². The Balaban J connectivity index is 1.80. The summed E-state index contributed by atoms with van der Waals surface area (Å²) in [6.07, 6.45) is 4.94. The van der Waals surface area contributed by atoms with Crippen molar-refractivity contribution in [1.29, 1.82) is 0 Å². The molecule has 0 saturated carbocycles. The van der Waals surface area contributed by atoms with Gasteiger partial charge < -0.3 is 15.1 Å². The van der Waals surface area contributed by atoms with Crippen molar-refractivity contribution in [1.82, 2.24) is 10.6 Å². The Bertz CT molecular complexity index is 398. The van der Waals surface area contributed by atoms with E-state index in [4.69, 9.17) is 4.42 Å². The largest absolute Gasteiger partial charge is 0.469 e. The highest BCUT2D eigenvalue weighted by Gasteiger charge is 2.22. The first-order chi connectivity index (χ1) is 8.66. The molecular weight excluding hydrogens is 228 g/mol. The van der Waals surface area contributed by atoms with E-state index in [2.05, 4.69) is 24.5 Å². The maximum atomic E-state index is 11.6. The van der Waals surface area contributed by atoms with Crippen LogP contribution < -0.4 is 10.6 Å². The summed E-state index contributed by atoms with van der Waals surface area (Å²) in [5.74, 6) is 1.63. The first-order valence-electron chi connectivity index (χ1n) is 6.73. The Morgan fingerprint density at radius 3 is 3.17 bits per heavy atom. The fraction of sp³-hybridized carbons (Fsp3) is 0.643. The summed E-state index contributed by atoms with van der Waals surface area (Å²) >= 11 is 0. The highest BCUT2D eigenvalue weighted by atomic mass is 16.3. The zero-order valence-electron chi connectivity index (χ0n) is 11.2. The van der Waals surface area contributed by atoms with Gasteiger partial charge in [-0.15, -0.1) is 0 Å². The van der Waals surface area contributed by atoms with Crippen molar-refractivity contribution < 1.29 is 9.21 Å². The fourth-order valence-corrected chi connectivity index (χ4v) is 2.29. The van der Waals surface area contributed by atoms with E-state index in [1.165, 1.54) is 5.56 Å². The molecule has 0 bridgehead atoms. The lowest BCUT2D eigenvalue weighted by molar-refractivity contribution is -0.120. The van der Waals surface area contributed by atoms with Gasteiger partial charge in [-0.05, 0) is 24.8 Å². The molecule has 1 aromatic rings. The number of rotatable bonds is 5. The minimum atomic E-state index is 0.0688. The van der Waals surface area contributed by atoms with E-state index in [9.17, 15) is 4.79 Å². The maximum absolute atomic E-state index is 11.6. The molecule has 2 rings (SSSR count). The molecule has 1 atom stereocenters. The molecule has 1 amide bonds. The molecule has 1 heterocycles. The van der Waals surface area contributed by atoms with E-state index in [-0.39, 0.29) is 11.9 Å². The lowest BCUT2D eigenvalue weighted by atomic mass is 9.93. The minimum Gasteiger partial charge on any atom is -0.469 e. The lowest BCUT2D eigenvalue weighted by Crippen LogP contribution is -2.37. The van der Waals surface area contributed by atoms with E-state index in [1.807, 2.05) is 6.07 Å². The van der Waals surface area contributed by atoms with E-state index in [0.717, 1.165) is 31.6 Å². The SMILES string of the molecule is CC(C)CNC(=O)CNC1CCCc2occc21. The topological polar surface area (TPSA) is 54.3 Å². The molecule has 4 nitrogen and oxygen atoms in total. The second-order valence-electron chi connectivity index (χ2n) is 5.32. The van der Waals surface area contributed by atoms with Gasteiger partial charge in [0, 0.05) is 24.6 Å². The van der Waals surface area contributed by atoms with Gasteiger partial charge in [0.25, 0.3) is 0 Å². The van der Waals surface area contributed by atoms with Crippen LogP contribution in [-0.2, 0) is 11.2 Å². The summed E-state index contributed by atoms with van der Waals surface area (Å²) in [5, 5.41) is 6.23. The maximum Gasteiger partial charge on any atom is 0.233 e. The summed E-state index contributed by atoms with van der Waals surface area (Å²) < 4.78 is 5.43. The summed E-state index contributed by atoms with van der Waals surface area (Å²) in [6, 6.07) is 2.27. The number of nitrogens with one attached hydrogen (secondary N) is 2. The molecule has 0 fully saturated rings. The van der Waals surface area contributed by atoms with Crippen molar-refractivity contribution in [3.8, 4) is 0 Å². The number of carbonyl (C=O) groups is 1. The van der Waals surface area contributed by atoms with Gasteiger partial charge in [0.2, 0.25) is 5.91 Å². The standard InChI is InChI=1S/C14H22N2O2/c1-10(2)8-16-14(17)9-15-12-4-3-5-13-11(12)6-7-18-13/h6-7,10,12,15H,3-5,8-9H2,1-2H3,(H,16,17). The van der Waals surface area contributed by atoms with Crippen LogP contribution in [0.25, 0.3) is 0 Å². The second-order valence-corrected chi connectivity index (χ2v) is 5.32. The number of furan rings is 1. The Labute approximate surface area is 108 Å². The van der Waals surface area contributed by atoms with Crippen molar-refractivity contribution >= 4 is 5.91 Å². The molecule has 18 heavy (non-hydrogen) atoms. The molecule has 2 N–H and O–H groups in total. The van der Waals surface area contributed by atoms with Crippen LogP contribution in [0.1, 0.15) is 44.1 Å². The van der Waals surface area contributed by atoms with Crippen LogP contribution in [0.5, 0.6) is 0 Å². The molecule has 1 unspecified atom stereocenters. The van der Waals surface area contributed by atoms with Crippen molar-refractivity contribution in [3.05, 3.63) is 23.7 Å². The quantitative estimate of drug-likeness (QED) is 0.840. The number of fused-ring (bicyclic) bond motifs is 1. The van der Waals surface area contributed by atoms with Gasteiger partial charge in [-0.3, -0.25) is 4.79 Å². The molecule has 1 aliphatic rings. The third kappa shape index (κ3) is 3.35. The van der Waals surface area contributed by atoms with Crippen LogP contribution in [0.2, 0.25) is 0 Å². The first-order valence-corrected chi connectivity index (χ1v) is 6.73. The Morgan fingerprint density at radius 2 is 2.39 bits per heavy atom. The molecule has 0 aromatic carbocycles. The van der Waals surface area contributed by atoms with Crippen LogP contribution in [0.3, 0.4) is 0 Å². The smallest absolute Gasteiger partial charge is 0.233 e. The minimum absolute atomic E-state index is 0.0688. The highest BCUT2D eigenvalue weighted by molar-refractivity contribution is 5.78. The number of aryl methyl sites for hydroxylation is 1. The van der Waals surface area contributed by atoms with Gasteiger partial charge in [-0.25, -0.2) is 0 Å². The Kier molecular flexibility index (Phi) is 4.42. The van der Waals surface area contributed by atoms with Crippen LogP contribution >= 0.6 is 0 Å². The van der Waals surface area contributed by atoms with Gasteiger partial charge in [0.1, 0.15) is 5.76 Å². The van der Waals surface area contributed by atoms with Gasteiger partial charge in [0.15, 0.2) is 0 Å². The summed E-state index contributed by atoms with van der Waals surface area (Å²) in [6.45, 7) is 5.29. The Morgan fingerprint density at radius 1 is 1.56 bits per heavy atom. The monoisotopic (exact) mass is 250 g/mol. The predicted molar refractivity (Wildman–Crippen MR) is 70.2 cm³/mol. The lowest BCUT2D eigenvalue weighted by Gasteiger charge is -2.22. The molecular formula is C14H22N2O2. The summed E-state index contributed by atoms with van der Waals surface area (Å²) in [7, 11) is 0. The van der Waals surface area contributed by atoms with Crippen molar-refractivity contribution in [2.75, 3.05) is 13.1 Å². The first kappa shape index (κ1) is 13.1. The molecule has 1 aliphatic carbocycles. The van der Waals surface area contributed by atoms with Crippen LogP contribution in [0, 0.1) is 5.92 Å². The molecule has 4 heteroatoms. The Hall–Kier alpha value is -1.29. The number of carbonyl (C=O) groups excluding carboxylic acids is 1. The van der Waals surface area contributed by atoms with Gasteiger partial charge in [-0.1, -0.05) is 13.8 Å². The van der Waals surface area contributed by atoms with Gasteiger partial charge >= 0.3 is 0 Å². The van der Waals surface area contributed by atoms with Crippen LogP contribution in [-0.4, -0.2) is 19.0 Å². The third-order valence-electron chi connectivity index (χ3n) is 3.27. The highest BCUT2D eigenvalue weighted by Crippen LogP contribution is 2.30. The summed E-state index contributed by atoms with van der Waals surface area (Å²) in [4.78, 5) is 11.6. The molecule has 0 spiro atoms. The van der Waals surface area contributed by atoms with E-state index in [1.54, 1.807) is 6.26 Å². The number of hydrogen-bond donors (Lipinski definition) is 2. The summed E-state index contributed by atoms with van der Waals surface area (Å²) in [5.41, 5.74) is 1.22. The van der Waals surface area contributed by atoms with Gasteiger partial charge in [0.05, 0.1) is 12.8 Å². The third-order valence-corrected chi connectivity index (χ3v) is 3.27. The fourth-order valence-electron chi connectivity index (χ4n) is 2.29. The average Bonchev–Trinajstić information content (AvgIpc) is 2.82. The van der Waals surface area contributed by atoms with Crippen LogP contribution in [0.4, 0.5) is 0 Å². The number of hydrogen-bond acceptors (Lipinski definition) is 3. The average molecular weight is 250 g/mol. The van der Waals surface area contributed by atoms with E-state index in [0.29, 0.717) is 12.5 Å². The van der Waals surface area contributed by atoms with Crippen LogP contribution in [0.15, 0.2) is 16.7 Å². The number of amides is 1. The second kappa shape index (κ2) is 6.05. The zero-order chi connectivity index (χ0) is 13.0. The molecule has 0 saturated heterocycles. The predicted octanol–water partition coefficient (Wildman–Crippen LogP) is 2.02. The van der Waals surface area contributed by atoms with E-state index < -0.39 is 0 Å². The van der Waals surface area contributed by atoms with E-state index >= 15 is 0 Å². The molecule has 1 aromatic heterocycles. The van der Waals surface area contributed by atoms with Crippen molar-refractivity contribution in [2.45, 2.75) is 39.2 Å². The molecule has 0 radical (unpaired) electrons. The zero-order valence-corrected chi connectivity index (χ0v) is 11.2. The molecule has 0 aliphatic heterocycles.